The van der Waals surface area contributed by atoms with Crippen LogP contribution < -0.4 is 10.6 Å². The van der Waals surface area contributed by atoms with Crippen molar-refractivity contribution in [2.24, 2.45) is 5.92 Å². The van der Waals surface area contributed by atoms with E-state index in [0.29, 0.717) is 11.6 Å². The van der Waals surface area contributed by atoms with Gasteiger partial charge in [0, 0.05) is 54.7 Å². The molecular formula is C19H21N7O. The number of fused-ring (bicyclic) bond motifs is 2. The van der Waals surface area contributed by atoms with Crippen molar-refractivity contribution < 1.29 is 4.79 Å². The first kappa shape index (κ1) is 16.2. The van der Waals surface area contributed by atoms with Crippen LogP contribution in [-0.2, 0) is 17.8 Å². The number of carbonyl (C=O) groups is 1. The summed E-state index contributed by atoms with van der Waals surface area (Å²) in [6, 6.07) is 1.90. The number of rotatable bonds is 4. The number of aromatic nitrogens is 5. The second-order valence-corrected chi connectivity index (χ2v) is 7.18. The van der Waals surface area contributed by atoms with Crippen LogP contribution in [0.5, 0.6) is 0 Å². The molecule has 2 N–H and O–H groups in total. The number of nitrogens with zero attached hydrogens (tertiary/aromatic N) is 5. The van der Waals surface area contributed by atoms with E-state index in [1.807, 2.05) is 17.8 Å². The molecule has 0 radical (unpaired) electrons. The predicted octanol–water partition coefficient (Wildman–Crippen LogP) is 2.61. The molecule has 1 aliphatic heterocycles. The van der Waals surface area contributed by atoms with E-state index in [-0.39, 0.29) is 11.8 Å². The van der Waals surface area contributed by atoms with Gasteiger partial charge in [-0.25, -0.2) is 19.6 Å². The molecule has 3 aromatic heterocycles. The number of pyridine rings is 2. The average molecular weight is 363 g/mol. The van der Waals surface area contributed by atoms with Gasteiger partial charge in [-0.05, 0) is 31.7 Å². The van der Waals surface area contributed by atoms with Crippen molar-refractivity contribution in [3.63, 3.8) is 0 Å². The minimum Gasteiger partial charge on any atom is -0.373 e. The van der Waals surface area contributed by atoms with E-state index in [1.54, 1.807) is 12.4 Å². The maximum absolute atomic E-state index is 12.1. The van der Waals surface area contributed by atoms with Crippen molar-refractivity contribution in [2.75, 3.05) is 17.7 Å². The molecule has 5 rings (SSSR count). The summed E-state index contributed by atoms with van der Waals surface area (Å²) in [7, 11) is 1.83. The molecule has 8 heteroatoms. The molecule has 0 unspecified atom stereocenters. The molecule has 0 spiro atoms. The summed E-state index contributed by atoms with van der Waals surface area (Å²) >= 11 is 0. The number of carbonyl (C=O) groups excluding carboxylic acids is 1. The highest BCUT2D eigenvalue weighted by atomic mass is 16.2. The Bertz CT molecular complexity index is 1010. The van der Waals surface area contributed by atoms with Crippen LogP contribution >= 0.6 is 0 Å². The van der Waals surface area contributed by atoms with Crippen LogP contribution in [0.4, 0.5) is 11.6 Å². The summed E-state index contributed by atoms with van der Waals surface area (Å²) < 4.78 is 1.99. The smallest absolute Gasteiger partial charge is 0.228 e. The molecule has 1 aliphatic carbocycles. The van der Waals surface area contributed by atoms with Crippen molar-refractivity contribution in [1.29, 1.82) is 0 Å². The van der Waals surface area contributed by atoms with E-state index >= 15 is 0 Å². The van der Waals surface area contributed by atoms with E-state index in [4.69, 9.17) is 10.1 Å². The Kier molecular flexibility index (Phi) is 3.77. The van der Waals surface area contributed by atoms with Gasteiger partial charge in [-0.15, -0.1) is 0 Å². The highest BCUT2D eigenvalue weighted by Crippen LogP contribution is 2.33. The van der Waals surface area contributed by atoms with E-state index < -0.39 is 0 Å². The molecule has 2 aliphatic rings. The van der Waals surface area contributed by atoms with Crippen LogP contribution in [0.15, 0.2) is 18.5 Å². The van der Waals surface area contributed by atoms with Crippen LogP contribution in [0.25, 0.3) is 22.2 Å². The van der Waals surface area contributed by atoms with Gasteiger partial charge in [0.1, 0.15) is 17.5 Å². The summed E-state index contributed by atoms with van der Waals surface area (Å²) in [5.41, 5.74) is 0.857. The molecule has 0 atom stereocenters. The molecule has 0 bridgehead atoms. The third kappa shape index (κ3) is 2.90. The summed E-state index contributed by atoms with van der Waals surface area (Å²) in [6.07, 6.45) is 8.70. The van der Waals surface area contributed by atoms with Crippen LogP contribution in [0, 0.1) is 5.92 Å². The zero-order valence-corrected chi connectivity index (χ0v) is 15.2. The molecule has 3 aromatic rings. The number of amides is 1. The monoisotopic (exact) mass is 363 g/mol. The van der Waals surface area contributed by atoms with Crippen molar-refractivity contribution >= 4 is 28.3 Å². The number of anilines is 2. The fourth-order valence-corrected chi connectivity index (χ4v) is 3.55. The first-order valence-corrected chi connectivity index (χ1v) is 9.44. The second-order valence-electron chi connectivity index (χ2n) is 7.18. The summed E-state index contributed by atoms with van der Waals surface area (Å²) in [6.45, 7) is 0.909. The summed E-state index contributed by atoms with van der Waals surface area (Å²) in [4.78, 5) is 25.8. The van der Waals surface area contributed by atoms with Crippen LogP contribution in [0.1, 0.15) is 31.5 Å². The van der Waals surface area contributed by atoms with Gasteiger partial charge < -0.3 is 10.6 Å². The van der Waals surface area contributed by atoms with Gasteiger partial charge >= 0.3 is 0 Å². The standard InChI is InChI=1S/C19H21N7O/c1-20-17-13-9-21-15(23-19(27)11-5-6-11)8-12(13)14(10-22-17)18-24-16-4-2-3-7-26(16)25-18/h8-11H,2-7H2,1H3,(H,20,22)(H,21,23,27). The van der Waals surface area contributed by atoms with E-state index in [9.17, 15) is 4.79 Å². The molecule has 1 saturated carbocycles. The van der Waals surface area contributed by atoms with Crippen LogP contribution in [0.3, 0.4) is 0 Å². The lowest BCUT2D eigenvalue weighted by Crippen LogP contribution is -2.14. The number of hydrogen-bond donors (Lipinski definition) is 2. The SMILES string of the molecule is CNc1ncc(-c2nc3n(n2)CCCC3)c2cc(NC(=O)C3CC3)ncc12. The Hall–Kier alpha value is -3.03. The summed E-state index contributed by atoms with van der Waals surface area (Å²) in [5.74, 6) is 3.18. The highest BCUT2D eigenvalue weighted by molar-refractivity contribution is 6.03. The Balaban J connectivity index is 1.61. The van der Waals surface area contributed by atoms with Gasteiger partial charge in [0.25, 0.3) is 0 Å². The lowest BCUT2D eigenvalue weighted by molar-refractivity contribution is -0.117. The normalized spacial score (nSPS) is 16.2. The van der Waals surface area contributed by atoms with Gasteiger partial charge in [-0.2, -0.15) is 5.10 Å². The third-order valence-corrected chi connectivity index (χ3v) is 5.22. The van der Waals surface area contributed by atoms with Crippen molar-refractivity contribution in [3.05, 3.63) is 24.3 Å². The number of hydrogen-bond acceptors (Lipinski definition) is 6. The number of aryl methyl sites for hydroxylation is 2. The lowest BCUT2D eigenvalue weighted by atomic mass is 10.1. The second kappa shape index (κ2) is 6.29. The zero-order chi connectivity index (χ0) is 18.4. The van der Waals surface area contributed by atoms with Gasteiger partial charge in [0.15, 0.2) is 5.82 Å². The van der Waals surface area contributed by atoms with Gasteiger partial charge in [0.05, 0.1) is 0 Å². The van der Waals surface area contributed by atoms with Crippen LogP contribution in [0.2, 0.25) is 0 Å². The maximum atomic E-state index is 12.1. The van der Waals surface area contributed by atoms with Crippen molar-refractivity contribution in [2.45, 2.75) is 38.6 Å². The van der Waals surface area contributed by atoms with E-state index in [2.05, 4.69) is 20.6 Å². The van der Waals surface area contributed by atoms with Gasteiger partial charge in [0.2, 0.25) is 5.91 Å². The largest absolute Gasteiger partial charge is 0.373 e. The van der Waals surface area contributed by atoms with Crippen molar-refractivity contribution in [3.8, 4) is 11.4 Å². The molecule has 27 heavy (non-hydrogen) atoms. The lowest BCUT2D eigenvalue weighted by Gasteiger charge is -2.10. The predicted molar refractivity (Wildman–Crippen MR) is 102 cm³/mol. The minimum atomic E-state index is 0.0434. The quantitative estimate of drug-likeness (QED) is 0.739. The molecule has 1 amide bonds. The Morgan fingerprint density at radius 2 is 2.07 bits per heavy atom. The van der Waals surface area contributed by atoms with Crippen molar-refractivity contribution in [1.82, 2.24) is 24.7 Å². The van der Waals surface area contributed by atoms with E-state index in [0.717, 1.165) is 66.6 Å². The van der Waals surface area contributed by atoms with Crippen LogP contribution in [-0.4, -0.2) is 37.7 Å². The fraction of sp³-hybridized carbons (Fsp3) is 0.421. The van der Waals surface area contributed by atoms with Gasteiger partial charge in [-0.3, -0.25) is 4.79 Å². The fourth-order valence-electron chi connectivity index (χ4n) is 3.55. The Morgan fingerprint density at radius 1 is 1.19 bits per heavy atom. The van der Waals surface area contributed by atoms with Gasteiger partial charge in [-0.1, -0.05) is 0 Å². The highest BCUT2D eigenvalue weighted by Gasteiger charge is 2.30. The Labute approximate surface area is 156 Å². The molecule has 4 heterocycles. The van der Waals surface area contributed by atoms with E-state index in [1.165, 1.54) is 0 Å². The first-order valence-electron chi connectivity index (χ1n) is 9.44. The first-order chi connectivity index (χ1) is 13.2. The molecule has 138 valence electrons. The molecule has 1 fully saturated rings. The third-order valence-electron chi connectivity index (χ3n) is 5.22. The molecule has 0 saturated heterocycles. The zero-order valence-electron chi connectivity index (χ0n) is 15.2. The topological polar surface area (TPSA) is 97.6 Å². The average Bonchev–Trinajstić information content (AvgIpc) is 3.46. The maximum Gasteiger partial charge on any atom is 0.228 e. The Morgan fingerprint density at radius 3 is 2.85 bits per heavy atom. The summed E-state index contributed by atoms with van der Waals surface area (Å²) in [5, 5.41) is 12.5. The molecule has 0 aromatic carbocycles. The molecule has 8 nitrogen and oxygen atoms in total. The number of nitrogens with one attached hydrogen (secondary N) is 2. The molecular weight excluding hydrogens is 342 g/mol. The minimum absolute atomic E-state index is 0.0434.